The lowest BCUT2D eigenvalue weighted by Crippen LogP contribution is -2.27. The summed E-state index contributed by atoms with van der Waals surface area (Å²) in [5, 5.41) is 12.3. The van der Waals surface area contributed by atoms with Crippen molar-refractivity contribution < 1.29 is 0 Å². The van der Waals surface area contributed by atoms with Crippen molar-refractivity contribution in [3.05, 3.63) is 29.3 Å². The lowest BCUT2D eigenvalue weighted by atomic mass is 10.1. The average Bonchev–Trinajstić information content (AvgIpc) is 2.57. The van der Waals surface area contributed by atoms with E-state index in [9.17, 15) is 0 Å². The first-order valence-electron chi connectivity index (χ1n) is 5.77. The summed E-state index contributed by atoms with van der Waals surface area (Å²) in [7, 11) is 0. The molecular formula is C13H17N3. The quantitative estimate of drug-likeness (QED) is 0.774. The molecule has 1 aromatic carbocycles. The Balaban J connectivity index is 2.20. The molecule has 1 aliphatic heterocycles. The second-order valence-corrected chi connectivity index (χ2v) is 4.20. The van der Waals surface area contributed by atoms with E-state index in [2.05, 4.69) is 28.4 Å². The largest absolute Gasteiger partial charge is 0.370 e. The van der Waals surface area contributed by atoms with Crippen LogP contribution in [0, 0.1) is 18.3 Å². The normalized spacial score (nSPS) is 16.6. The molecule has 16 heavy (non-hydrogen) atoms. The third kappa shape index (κ3) is 2.34. The lowest BCUT2D eigenvalue weighted by Gasteiger charge is -2.22. The molecule has 0 bridgehead atoms. The molecule has 3 heteroatoms. The van der Waals surface area contributed by atoms with E-state index in [4.69, 9.17) is 5.26 Å². The summed E-state index contributed by atoms with van der Waals surface area (Å²) < 4.78 is 0. The van der Waals surface area contributed by atoms with Gasteiger partial charge < -0.3 is 10.2 Å². The third-order valence-electron chi connectivity index (χ3n) is 3.04. The average molecular weight is 215 g/mol. The molecule has 0 unspecified atom stereocenters. The number of anilines is 1. The molecule has 1 aliphatic rings. The number of hydrogen-bond donors (Lipinski definition) is 1. The molecule has 0 spiro atoms. The number of rotatable bonds is 1. The van der Waals surface area contributed by atoms with Crippen LogP contribution in [0.1, 0.15) is 17.5 Å². The highest BCUT2D eigenvalue weighted by Crippen LogP contribution is 2.19. The zero-order chi connectivity index (χ0) is 11.4. The monoisotopic (exact) mass is 215 g/mol. The Hall–Kier alpha value is -1.53. The predicted octanol–water partition coefficient (Wildman–Crippen LogP) is 1.67. The minimum absolute atomic E-state index is 0.775. The summed E-state index contributed by atoms with van der Waals surface area (Å²) in [4.78, 5) is 2.38. The van der Waals surface area contributed by atoms with Crippen LogP contribution >= 0.6 is 0 Å². The van der Waals surface area contributed by atoms with Crippen LogP contribution in [0.4, 0.5) is 5.69 Å². The molecule has 0 amide bonds. The van der Waals surface area contributed by atoms with Gasteiger partial charge in [0.15, 0.2) is 0 Å². The summed E-state index contributed by atoms with van der Waals surface area (Å²) in [6.07, 6.45) is 1.18. The maximum atomic E-state index is 8.89. The van der Waals surface area contributed by atoms with Crippen molar-refractivity contribution >= 4 is 5.69 Å². The molecule has 3 nitrogen and oxygen atoms in total. The first kappa shape index (κ1) is 11.0. The Bertz CT molecular complexity index is 398. The SMILES string of the molecule is Cc1cc(N2CCCNCC2)ccc1C#N. The molecular weight excluding hydrogens is 198 g/mol. The van der Waals surface area contributed by atoms with Crippen LogP contribution in [0.25, 0.3) is 0 Å². The summed E-state index contributed by atoms with van der Waals surface area (Å²) in [5.41, 5.74) is 3.08. The van der Waals surface area contributed by atoms with Gasteiger partial charge in [0.25, 0.3) is 0 Å². The van der Waals surface area contributed by atoms with Gasteiger partial charge >= 0.3 is 0 Å². The smallest absolute Gasteiger partial charge is 0.0994 e. The number of nitrogens with one attached hydrogen (secondary N) is 1. The van der Waals surface area contributed by atoms with Gasteiger partial charge in [0.1, 0.15) is 0 Å². The van der Waals surface area contributed by atoms with Crippen LogP contribution in [0.5, 0.6) is 0 Å². The van der Waals surface area contributed by atoms with E-state index in [0.29, 0.717) is 0 Å². The standard InChI is InChI=1S/C13H17N3/c1-11-9-13(4-3-12(11)10-14)16-7-2-5-15-6-8-16/h3-4,9,15H,2,5-8H2,1H3. The molecule has 1 aromatic rings. The topological polar surface area (TPSA) is 39.1 Å². The molecule has 1 saturated heterocycles. The molecule has 84 valence electrons. The maximum absolute atomic E-state index is 8.89. The maximum Gasteiger partial charge on any atom is 0.0994 e. The molecule has 0 aliphatic carbocycles. The zero-order valence-corrected chi connectivity index (χ0v) is 9.66. The molecule has 1 heterocycles. The van der Waals surface area contributed by atoms with Crippen molar-refractivity contribution in [1.82, 2.24) is 5.32 Å². The first-order chi connectivity index (χ1) is 7.81. The van der Waals surface area contributed by atoms with E-state index in [1.54, 1.807) is 0 Å². The van der Waals surface area contributed by atoms with Crippen molar-refractivity contribution in [2.75, 3.05) is 31.1 Å². The summed E-state index contributed by atoms with van der Waals surface area (Å²) in [6.45, 7) is 6.28. The van der Waals surface area contributed by atoms with Gasteiger partial charge in [-0.3, -0.25) is 0 Å². The van der Waals surface area contributed by atoms with Crippen molar-refractivity contribution in [2.45, 2.75) is 13.3 Å². The van der Waals surface area contributed by atoms with E-state index in [1.807, 2.05) is 13.0 Å². The highest BCUT2D eigenvalue weighted by Gasteiger charge is 2.10. The first-order valence-corrected chi connectivity index (χ1v) is 5.77. The summed E-state index contributed by atoms with van der Waals surface area (Å²) in [6, 6.07) is 8.29. The minimum Gasteiger partial charge on any atom is -0.370 e. The fourth-order valence-electron chi connectivity index (χ4n) is 2.07. The highest BCUT2D eigenvalue weighted by atomic mass is 15.2. The van der Waals surface area contributed by atoms with Gasteiger partial charge in [0, 0.05) is 25.3 Å². The third-order valence-corrected chi connectivity index (χ3v) is 3.04. The molecule has 0 aromatic heterocycles. The Morgan fingerprint density at radius 1 is 1.31 bits per heavy atom. The van der Waals surface area contributed by atoms with E-state index in [0.717, 1.165) is 37.3 Å². The van der Waals surface area contributed by atoms with Crippen LogP contribution in [0.3, 0.4) is 0 Å². The van der Waals surface area contributed by atoms with Crippen LogP contribution in [-0.2, 0) is 0 Å². The number of nitriles is 1. The molecule has 0 radical (unpaired) electrons. The van der Waals surface area contributed by atoms with Gasteiger partial charge in [-0.25, -0.2) is 0 Å². The second-order valence-electron chi connectivity index (χ2n) is 4.20. The molecule has 2 rings (SSSR count). The van der Waals surface area contributed by atoms with Crippen LogP contribution in [0.15, 0.2) is 18.2 Å². The second kappa shape index (κ2) is 5.00. The fourth-order valence-corrected chi connectivity index (χ4v) is 2.07. The fraction of sp³-hybridized carbons (Fsp3) is 0.462. The number of benzene rings is 1. The Kier molecular flexibility index (Phi) is 3.43. The number of hydrogen-bond acceptors (Lipinski definition) is 3. The predicted molar refractivity (Wildman–Crippen MR) is 65.6 cm³/mol. The van der Waals surface area contributed by atoms with Crippen molar-refractivity contribution in [1.29, 1.82) is 5.26 Å². The van der Waals surface area contributed by atoms with Gasteiger partial charge in [-0.2, -0.15) is 5.26 Å². The van der Waals surface area contributed by atoms with Gasteiger partial charge in [-0.05, 0) is 43.7 Å². The molecule has 1 N–H and O–H groups in total. The summed E-state index contributed by atoms with van der Waals surface area (Å²) >= 11 is 0. The van der Waals surface area contributed by atoms with E-state index in [-0.39, 0.29) is 0 Å². The molecule has 0 saturated carbocycles. The summed E-state index contributed by atoms with van der Waals surface area (Å²) in [5.74, 6) is 0. The van der Waals surface area contributed by atoms with Crippen LogP contribution < -0.4 is 10.2 Å². The zero-order valence-electron chi connectivity index (χ0n) is 9.66. The number of nitrogens with zero attached hydrogens (tertiary/aromatic N) is 2. The van der Waals surface area contributed by atoms with E-state index >= 15 is 0 Å². The van der Waals surface area contributed by atoms with Crippen LogP contribution in [0.2, 0.25) is 0 Å². The lowest BCUT2D eigenvalue weighted by molar-refractivity contribution is 0.724. The van der Waals surface area contributed by atoms with E-state index in [1.165, 1.54) is 12.1 Å². The van der Waals surface area contributed by atoms with Gasteiger partial charge in [-0.1, -0.05) is 0 Å². The van der Waals surface area contributed by atoms with Gasteiger partial charge in [0.2, 0.25) is 0 Å². The van der Waals surface area contributed by atoms with Crippen molar-refractivity contribution in [2.24, 2.45) is 0 Å². The number of aryl methyl sites for hydroxylation is 1. The minimum atomic E-state index is 0.775. The van der Waals surface area contributed by atoms with Crippen molar-refractivity contribution in [3.8, 4) is 6.07 Å². The van der Waals surface area contributed by atoms with E-state index < -0.39 is 0 Å². The van der Waals surface area contributed by atoms with Crippen LogP contribution in [-0.4, -0.2) is 26.2 Å². The molecule has 0 atom stereocenters. The molecule has 1 fully saturated rings. The Morgan fingerprint density at radius 3 is 2.94 bits per heavy atom. The van der Waals surface area contributed by atoms with Crippen molar-refractivity contribution in [3.63, 3.8) is 0 Å². The Morgan fingerprint density at radius 2 is 2.19 bits per heavy atom. The Labute approximate surface area is 96.7 Å². The van der Waals surface area contributed by atoms with Gasteiger partial charge in [-0.15, -0.1) is 0 Å². The van der Waals surface area contributed by atoms with Gasteiger partial charge in [0.05, 0.1) is 11.6 Å². The highest BCUT2D eigenvalue weighted by molar-refractivity contribution is 5.53.